The Hall–Kier alpha value is -4.14. The van der Waals surface area contributed by atoms with Crippen molar-refractivity contribution >= 4 is 23.9 Å². The largest absolute Gasteiger partial charge is 0.481 e. The summed E-state index contributed by atoms with van der Waals surface area (Å²) >= 11 is 0. The zero-order valence-electron chi connectivity index (χ0n) is 18.6. The molecule has 3 aromatic rings. The van der Waals surface area contributed by atoms with Crippen molar-refractivity contribution in [2.24, 2.45) is 0 Å². The highest BCUT2D eigenvalue weighted by molar-refractivity contribution is 5.94. The van der Waals surface area contributed by atoms with E-state index in [2.05, 4.69) is 27.9 Å². The first-order valence-electron chi connectivity index (χ1n) is 11.0. The molecule has 1 atom stereocenters. The number of nitrogens with one attached hydrogen (secondary N) is 2. The fourth-order valence-corrected chi connectivity index (χ4v) is 4.11. The normalized spacial score (nSPS) is 13.0. The maximum Gasteiger partial charge on any atom is 0.414 e. The van der Waals surface area contributed by atoms with Crippen molar-refractivity contribution in [1.29, 1.82) is 0 Å². The first-order valence-corrected chi connectivity index (χ1v) is 11.0. The Kier molecular flexibility index (Phi) is 6.91. The molecule has 34 heavy (non-hydrogen) atoms. The zero-order valence-corrected chi connectivity index (χ0v) is 18.6. The average molecular weight is 463 g/mol. The number of fused-ring (bicyclic) bond motifs is 3. The fourth-order valence-electron chi connectivity index (χ4n) is 4.11. The Morgan fingerprint density at radius 2 is 1.74 bits per heavy atom. The maximum atomic E-state index is 12.4. The zero-order chi connectivity index (χ0) is 24.1. The van der Waals surface area contributed by atoms with E-state index in [9.17, 15) is 14.4 Å². The number of nitrogens with zero attached hydrogens (tertiary/aromatic N) is 1. The van der Waals surface area contributed by atoms with Gasteiger partial charge in [-0.15, -0.1) is 0 Å². The molecule has 2 aromatic carbocycles. The molecule has 0 saturated carbocycles. The van der Waals surface area contributed by atoms with E-state index in [1.807, 2.05) is 36.4 Å². The van der Waals surface area contributed by atoms with Crippen LogP contribution in [0.4, 0.5) is 10.7 Å². The molecule has 176 valence electrons. The molecule has 2 amide bonds. The molecule has 1 aliphatic rings. The number of carbonyl (C=O) groups excluding carboxylic acids is 2. The Bertz CT molecular complexity index is 1160. The SMILES string of the molecule is CC(CCCC(=O)O)NC(=O)c1cc(NC(=O)OCC2c3ccccc3-c3ccccc32)on1. The monoisotopic (exact) mass is 463 g/mol. The van der Waals surface area contributed by atoms with E-state index in [-0.39, 0.29) is 36.6 Å². The lowest BCUT2D eigenvalue weighted by molar-refractivity contribution is -0.137. The number of hydrogen-bond acceptors (Lipinski definition) is 6. The second-order valence-electron chi connectivity index (χ2n) is 8.19. The maximum absolute atomic E-state index is 12.4. The number of hydrogen-bond donors (Lipinski definition) is 3. The Balaban J connectivity index is 1.30. The molecule has 1 aliphatic carbocycles. The number of carboxylic acid groups (broad SMARTS) is 1. The fraction of sp³-hybridized carbons (Fsp3) is 0.280. The third-order valence-electron chi connectivity index (χ3n) is 5.72. The molecule has 0 bridgehead atoms. The highest BCUT2D eigenvalue weighted by Gasteiger charge is 2.29. The predicted molar refractivity (Wildman–Crippen MR) is 124 cm³/mol. The smallest absolute Gasteiger partial charge is 0.414 e. The van der Waals surface area contributed by atoms with E-state index >= 15 is 0 Å². The van der Waals surface area contributed by atoms with Crippen LogP contribution in [0.2, 0.25) is 0 Å². The van der Waals surface area contributed by atoms with Crippen molar-refractivity contribution in [3.05, 3.63) is 71.4 Å². The molecule has 3 N–H and O–H groups in total. The number of carboxylic acids is 1. The predicted octanol–water partition coefficient (Wildman–Crippen LogP) is 4.41. The topological polar surface area (TPSA) is 131 Å². The van der Waals surface area contributed by atoms with Crippen LogP contribution in [0.3, 0.4) is 0 Å². The molecule has 9 nitrogen and oxygen atoms in total. The molecule has 1 heterocycles. The molecule has 4 rings (SSSR count). The van der Waals surface area contributed by atoms with Crippen LogP contribution >= 0.6 is 0 Å². The van der Waals surface area contributed by atoms with E-state index in [1.165, 1.54) is 6.07 Å². The van der Waals surface area contributed by atoms with E-state index < -0.39 is 18.0 Å². The van der Waals surface area contributed by atoms with Gasteiger partial charge in [0.05, 0.1) is 0 Å². The standard InChI is InChI=1S/C25H25N3O6/c1-15(7-6-12-23(29)30)26-24(31)21-13-22(34-28-21)27-25(32)33-14-20-18-10-4-2-8-16(18)17-9-3-5-11-19(17)20/h2-5,8-11,13,15,20H,6-7,12,14H2,1H3,(H,26,31)(H,27,32)(H,29,30). The quantitative estimate of drug-likeness (QED) is 0.428. The number of carbonyl (C=O) groups is 3. The van der Waals surface area contributed by atoms with Crippen molar-refractivity contribution in [2.75, 3.05) is 11.9 Å². The molecule has 1 aromatic heterocycles. The van der Waals surface area contributed by atoms with Crippen molar-refractivity contribution < 1.29 is 28.8 Å². The Morgan fingerprint density at radius 3 is 2.38 bits per heavy atom. The summed E-state index contributed by atoms with van der Waals surface area (Å²) in [7, 11) is 0. The third-order valence-corrected chi connectivity index (χ3v) is 5.72. The molecular formula is C25H25N3O6. The summed E-state index contributed by atoms with van der Waals surface area (Å²) in [5.41, 5.74) is 4.48. The van der Waals surface area contributed by atoms with Crippen LogP contribution in [0, 0.1) is 0 Å². The van der Waals surface area contributed by atoms with E-state index in [0.29, 0.717) is 12.8 Å². The number of aromatic nitrogens is 1. The minimum absolute atomic E-state index is 0.000896. The lowest BCUT2D eigenvalue weighted by Crippen LogP contribution is -2.32. The summed E-state index contributed by atoms with van der Waals surface area (Å²) in [4.78, 5) is 35.2. The molecule has 9 heteroatoms. The summed E-state index contributed by atoms with van der Waals surface area (Å²) in [5, 5.41) is 17.5. The first-order chi connectivity index (χ1) is 16.4. The van der Waals surface area contributed by atoms with Gasteiger partial charge in [-0.05, 0) is 42.0 Å². The van der Waals surface area contributed by atoms with E-state index in [4.69, 9.17) is 14.4 Å². The van der Waals surface area contributed by atoms with Crippen molar-refractivity contribution in [3.63, 3.8) is 0 Å². The molecule has 0 fully saturated rings. The molecule has 0 saturated heterocycles. The summed E-state index contributed by atoms with van der Waals surface area (Å²) < 4.78 is 10.5. The minimum atomic E-state index is -0.876. The van der Waals surface area contributed by atoms with Crippen LogP contribution in [-0.2, 0) is 9.53 Å². The van der Waals surface area contributed by atoms with Gasteiger partial charge >= 0.3 is 12.1 Å². The summed E-state index contributed by atoms with van der Waals surface area (Å²) in [6.07, 6.45) is 0.288. The second kappa shape index (κ2) is 10.2. The number of ether oxygens (including phenoxy) is 1. The highest BCUT2D eigenvalue weighted by atomic mass is 16.6. The summed E-state index contributed by atoms with van der Waals surface area (Å²) in [5.74, 6) is -1.44. The second-order valence-corrected chi connectivity index (χ2v) is 8.19. The van der Waals surface area contributed by atoms with Crippen molar-refractivity contribution in [1.82, 2.24) is 10.5 Å². The average Bonchev–Trinajstić information content (AvgIpc) is 3.40. The number of benzene rings is 2. The lowest BCUT2D eigenvalue weighted by atomic mass is 9.98. The van der Waals surface area contributed by atoms with E-state index in [0.717, 1.165) is 22.3 Å². The van der Waals surface area contributed by atoms with Crippen molar-refractivity contribution in [3.8, 4) is 11.1 Å². The van der Waals surface area contributed by atoms with Gasteiger partial charge in [0.2, 0.25) is 5.88 Å². The van der Waals surface area contributed by atoms with Crippen LogP contribution in [-0.4, -0.2) is 40.9 Å². The van der Waals surface area contributed by atoms with Gasteiger partial charge in [0, 0.05) is 24.4 Å². The number of aliphatic carboxylic acids is 1. The third kappa shape index (κ3) is 5.25. The van der Waals surface area contributed by atoms with E-state index in [1.54, 1.807) is 6.92 Å². The minimum Gasteiger partial charge on any atom is -0.481 e. The van der Waals surface area contributed by atoms with Crippen LogP contribution in [0.15, 0.2) is 59.1 Å². The highest BCUT2D eigenvalue weighted by Crippen LogP contribution is 2.44. The van der Waals surface area contributed by atoms with Crippen LogP contribution < -0.4 is 10.6 Å². The number of rotatable bonds is 9. The molecule has 1 unspecified atom stereocenters. The number of amides is 2. The van der Waals surface area contributed by atoms with Gasteiger partial charge in [-0.2, -0.15) is 0 Å². The summed E-state index contributed by atoms with van der Waals surface area (Å²) in [6, 6.07) is 17.2. The van der Waals surface area contributed by atoms with Gasteiger partial charge < -0.3 is 19.7 Å². The Morgan fingerprint density at radius 1 is 1.09 bits per heavy atom. The number of anilines is 1. The van der Waals surface area contributed by atoms with Crippen LogP contribution in [0.1, 0.15) is 53.7 Å². The lowest BCUT2D eigenvalue weighted by Gasteiger charge is -2.14. The van der Waals surface area contributed by atoms with Crippen molar-refractivity contribution in [2.45, 2.75) is 38.1 Å². The van der Waals surface area contributed by atoms with Gasteiger partial charge in [-0.25, -0.2) is 4.79 Å². The summed E-state index contributed by atoms with van der Waals surface area (Å²) in [6.45, 7) is 1.92. The van der Waals surface area contributed by atoms with Gasteiger partial charge in [0.25, 0.3) is 5.91 Å². The molecule has 0 spiro atoms. The Labute approximate surface area is 196 Å². The first kappa shape index (κ1) is 23.0. The van der Waals surface area contributed by atoms with Gasteiger partial charge in [0.1, 0.15) is 6.61 Å². The van der Waals surface area contributed by atoms with Crippen LogP contribution in [0.5, 0.6) is 0 Å². The van der Waals surface area contributed by atoms with Gasteiger partial charge in [-0.1, -0.05) is 53.7 Å². The molecular weight excluding hydrogens is 438 g/mol. The molecule has 0 aliphatic heterocycles. The molecule has 0 radical (unpaired) electrons. The van der Waals surface area contributed by atoms with Gasteiger partial charge in [0.15, 0.2) is 5.69 Å². The van der Waals surface area contributed by atoms with Crippen LogP contribution in [0.25, 0.3) is 11.1 Å². The van der Waals surface area contributed by atoms with Gasteiger partial charge in [-0.3, -0.25) is 14.9 Å².